The minimum absolute atomic E-state index is 0.260. The van der Waals surface area contributed by atoms with Crippen molar-refractivity contribution in [1.29, 1.82) is 0 Å². The lowest BCUT2D eigenvalue weighted by molar-refractivity contribution is 0.101. The van der Waals surface area contributed by atoms with Gasteiger partial charge >= 0.3 is 0 Å². The number of carbonyl (C=O) groups is 1. The van der Waals surface area contributed by atoms with E-state index < -0.39 is 60.7 Å². The van der Waals surface area contributed by atoms with Crippen LogP contribution in [0, 0.1) is 17.5 Å². The topological polar surface area (TPSA) is 68.2 Å². The molecule has 1 amide bonds. The molecule has 0 fully saturated rings. The van der Waals surface area contributed by atoms with E-state index in [1.807, 2.05) is 5.32 Å². The minimum Gasteiger partial charge on any atom is -0.344 e. The van der Waals surface area contributed by atoms with Gasteiger partial charge in [-0.2, -0.15) is 0 Å². The largest absolute Gasteiger partial charge is 0.344 e. The quantitative estimate of drug-likeness (QED) is 0.646. The van der Waals surface area contributed by atoms with E-state index in [2.05, 4.69) is 0 Å². The molecule has 2 rings (SSSR count). The van der Waals surface area contributed by atoms with E-state index in [1.54, 1.807) is 0 Å². The summed E-state index contributed by atoms with van der Waals surface area (Å²) < 4.78 is 84.6. The Kier molecular flexibility index (Phi) is 3.61. The molecule has 0 aliphatic rings. The molecule has 1 heterocycles. The maximum atomic E-state index is 13.2. The smallest absolute Gasteiger partial charge is 0.273 e. The van der Waals surface area contributed by atoms with Gasteiger partial charge in [-0.1, -0.05) is 11.6 Å². The summed E-state index contributed by atoms with van der Waals surface area (Å²) in [5.74, 6) is -6.31. The standard InChI is InChI=1S/C12H7Cl2F3N2O3S/c1-19-4-8(23(14,21)22)9(13)11(19)12(20)18-5-2-6(15)10(17)7(16)3-5/h2-4H,1H3,(H,18,20)/i1D3. The highest BCUT2D eigenvalue weighted by Gasteiger charge is 2.26. The Bertz CT molecular complexity index is 986. The summed E-state index contributed by atoms with van der Waals surface area (Å²) in [7, 11) is 0.640. The summed E-state index contributed by atoms with van der Waals surface area (Å²) in [5.41, 5.74) is -1.41. The first-order chi connectivity index (χ1) is 11.7. The van der Waals surface area contributed by atoms with Crippen molar-refractivity contribution in [1.82, 2.24) is 4.57 Å². The number of aryl methyl sites for hydroxylation is 1. The highest BCUT2D eigenvalue weighted by molar-refractivity contribution is 8.13. The highest BCUT2D eigenvalue weighted by Crippen LogP contribution is 2.30. The van der Waals surface area contributed by atoms with E-state index in [1.165, 1.54) is 0 Å². The Morgan fingerprint density at radius 1 is 1.30 bits per heavy atom. The van der Waals surface area contributed by atoms with Crippen LogP contribution >= 0.6 is 22.3 Å². The van der Waals surface area contributed by atoms with Crippen LogP contribution in [0.15, 0.2) is 23.2 Å². The van der Waals surface area contributed by atoms with Crippen molar-refractivity contribution in [3.05, 3.63) is 46.5 Å². The molecule has 1 aromatic heterocycles. The molecule has 0 aliphatic carbocycles. The molecular formula is C12H7Cl2F3N2O3S. The number of amides is 1. The van der Waals surface area contributed by atoms with E-state index in [0.717, 1.165) is 0 Å². The van der Waals surface area contributed by atoms with Gasteiger partial charge in [-0.3, -0.25) is 4.79 Å². The third-order valence-electron chi connectivity index (χ3n) is 2.63. The molecule has 5 nitrogen and oxygen atoms in total. The fourth-order valence-corrected chi connectivity index (χ4v) is 3.20. The highest BCUT2D eigenvalue weighted by atomic mass is 35.7. The molecule has 0 atom stereocenters. The van der Waals surface area contributed by atoms with Gasteiger partial charge in [-0.15, -0.1) is 0 Å². The van der Waals surface area contributed by atoms with Crippen LogP contribution in [0.25, 0.3) is 0 Å². The maximum Gasteiger partial charge on any atom is 0.273 e. The molecule has 0 radical (unpaired) electrons. The molecule has 124 valence electrons. The molecule has 0 spiro atoms. The van der Waals surface area contributed by atoms with Crippen molar-refractivity contribution in [3.63, 3.8) is 0 Å². The van der Waals surface area contributed by atoms with Gasteiger partial charge in [0.15, 0.2) is 17.5 Å². The predicted molar refractivity (Wildman–Crippen MR) is 77.7 cm³/mol. The molecule has 23 heavy (non-hydrogen) atoms. The van der Waals surface area contributed by atoms with E-state index in [4.69, 9.17) is 26.4 Å². The van der Waals surface area contributed by atoms with E-state index >= 15 is 0 Å². The van der Waals surface area contributed by atoms with E-state index in [-0.39, 0.29) is 4.57 Å². The first-order valence-corrected chi connectivity index (χ1v) is 8.24. The lowest BCUT2D eigenvalue weighted by atomic mass is 10.2. The van der Waals surface area contributed by atoms with Gasteiger partial charge in [0.25, 0.3) is 15.0 Å². The number of nitrogens with zero attached hydrogens (tertiary/aromatic N) is 1. The number of nitrogens with one attached hydrogen (secondary N) is 1. The van der Waals surface area contributed by atoms with Crippen molar-refractivity contribution in [2.24, 2.45) is 6.98 Å². The molecule has 1 aromatic carbocycles. The maximum absolute atomic E-state index is 13.2. The summed E-state index contributed by atoms with van der Waals surface area (Å²) >= 11 is 5.77. The monoisotopic (exact) mass is 389 g/mol. The number of halogens is 5. The van der Waals surface area contributed by atoms with E-state index in [9.17, 15) is 26.4 Å². The molecule has 0 saturated carbocycles. The number of rotatable bonds is 3. The number of carbonyl (C=O) groups excluding carboxylic acids is 1. The number of benzene rings is 1. The molecular weight excluding hydrogens is 380 g/mol. The molecule has 11 heteroatoms. The van der Waals surface area contributed by atoms with Crippen molar-refractivity contribution >= 4 is 42.9 Å². The van der Waals surface area contributed by atoms with E-state index in [0.29, 0.717) is 18.3 Å². The Morgan fingerprint density at radius 3 is 2.35 bits per heavy atom. The number of aromatic nitrogens is 1. The van der Waals surface area contributed by atoms with Gasteiger partial charge < -0.3 is 9.88 Å². The molecule has 2 aromatic rings. The Balaban J connectivity index is 2.57. The lowest BCUT2D eigenvalue weighted by Gasteiger charge is -2.07. The number of anilines is 1. The zero-order chi connectivity index (χ0) is 20.0. The van der Waals surface area contributed by atoms with Crippen LogP contribution in [-0.4, -0.2) is 18.9 Å². The SMILES string of the molecule is [2H]C([2H])([2H])n1cc(S(=O)(=O)Cl)c(Cl)c1C(=O)Nc1cc(F)c(F)c(F)c1. The van der Waals surface area contributed by atoms with Crippen LogP contribution in [0.4, 0.5) is 18.9 Å². The summed E-state index contributed by atoms with van der Waals surface area (Å²) in [6, 6.07) is 0.873. The van der Waals surface area contributed by atoms with Crippen molar-refractivity contribution in [3.8, 4) is 0 Å². The van der Waals surface area contributed by atoms with Gasteiger partial charge in [0, 0.05) is 45.8 Å². The third kappa shape index (κ3) is 3.46. The van der Waals surface area contributed by atoms with Crippen molar-refractivity contribution in [2.75, 3.05) is 5.32 Å². The van der Waals surface area contributed by atoms with Crippen LogP contribution in [0.5, 0.6) is 0 Å². The van der Waals surface area contributed by atoms with Crippen molar-refractivity contribution < 1.29 is 30.5 Å². The lowest BCUT2D eigenvalue weighted by Crippen LogP contribution is -2.16. The van der Waals surface area contributed by atoms with Gasteiger partial charge in [-0.05, 0) is 0 Å². The van der Waals surface area contributed by atoms with Gasteiger partial charge in [-0.25, -0.2) is 21.6 Å². The Labute approximate surface area is 142 Å². The predicted octanol–water partition coefficient (Wildman–Crippen LogP) is 3.28. The normalized spacial score (nSPS) is 14.0. The fraction of sp³-hybridized carbons (Fsp3) is 0.0833. The second kappa shape index (κ2) is 6.06. The molecule has 1 N–H and O–H groups in total. The van der Waals surface area contributed by atoms with Crippen LogP contribution in [0.3, 0.4) is 0 Å². The minimum atomic E-state index is -4.50. The van der Waals surface area contributed by atoms with Crippen LogP contribution < -0.4 is 5.32 Å². The molecule has 0 unspecified atom stereocenters. The average Bonchev–Trinajstić information content (AvgIpc) is 2.82. The van der Waals surface area contributed by atoms with Gasteiger partial charge in [0.2, 0.25) is 0 Å². The molecule has 0 bridgehead atoms. The Hall–Kier alpha value is -1.71. The number of hydrogen-bond donors (Lipinski definition) is 1. The summed E-state index contributed by atoms with van der Waals surface area (Å²) in [6.07, 6.45) is 0.526. The van der Waals surface area contributed by atoms with Gasteiger partial charge in [0.05, 0.1) is 5.02 Å². The fourth-order valence-electron chi connectivity index (χ4n) is 1.66. The summed E-state index contributed by atoms with van der Waals surface area (Å²) in [5, 5.41) is 1.10. The third-order valence-corrected chi connectivity index (χ3v) is 4.46. The molecule has 0 aliphatic heterocycles. The number of hydrogen-bond acceptors (Lipinski definition) is 3. The second-order valence-corrected chi connectivity index (χ2v) is 7.08. The summed E-state index contributed by atoms with van der Waals surface area (Å²) in [6.45, 7) is -3.03. The average molecular weight is 390 g/mol. The first-order valence-electron chi connectivity index (χ1n) is 7.05. The zero-order valence-electron chi connectivity index (χ0n) is 13.7. The molecule has 0 saturated heterocycles. The van der Waals surface area contributed by atoms with Crippen LogP contribution in [0.1, 0.15) is 14.6 Å². The first kappa shape index (κ1) is 13.7. The van der Waals surface area contributed by atoms with Crippen molar-refractivity contribution in [2.45, 2.75) is 4.90 Å². The van der Waals surface area contributed by atoms with Crippen LogP contribution in [0.2, 0.25) is 5.02 Å². The van der Waals surface area contributed by atoms with Gasteiger partial charge in [0.1, 0.15) is 10.6 Å². The zero-order valence-corrected chi connectivity index (χ0v) is 13.0. The summed E-state index contributed by atoms with van der Waals surface area (Å²) in [4.78, 5) is 11.5. The Morgan fingerprint density at radius 2 is 1.87 bits per heavy atom. The second-order valence-electron chi connectivity index (χ2n) is 4.17. The van der Waals surface area contributed by atoms with Crippen LogP contribution in [-0.2, 0) is 16.0 Å².